The molecule has 2 aliphatic carbocycles. The average Bonchev–Trinajstić information content (AvgIpc) is 2.73. The summed E-state index contributed by atoms with van der Waals surface area (Å²) in [4.78, 5) is 0. The highest BCUT2D eigenvalue weighted by atomic mass is 19.1. The largest absolute Gasteiger partial charge is 0.399 e. The molecule has 1 atom stereocenters. The van der Waals surface area contributed by atoms with Crippen LogP contribution in [0.2, 0.25) is 0 Å². The summed E-state index contributed by atoms with van der Waals surface area (Å²) in [7, 11) is 0. The first-order chi connectivity index (χ1) is 15.8. The monoisotopic (exact) mass is 466 g/mol. The molecule has 1 aromatic carbocycles. The van der Waals surface area contributed by atoms with Crippen LogP contribution in [0, 0.1) is 16.7 Å². The number of nitrogens with two attached hydrogens (primary N) is 1. The maximum atomic E-state index is 15.6. The highest BCUT2D eigenvalue weighted by Gasteiger charge is 2.40. The van der Waals surface area contributed by atoms with Gasteiger partial charge in [0.2, 0.25) is 0 Å². The number of halogens is 1. The third-order valence-electron chi connectivity index (χ3n) is 7.45. The summed E-state index contributed by atoms with van der Waals surface area (Å²) in [5, 5.41) is 16.0. The molecule has 34 heavy (non-hydrogen) atoms. The molecular weight excluding hydrogens is 423 g/mol. The van der Waals surface area contributed by atoms with E-state index in [9.17, 15) is 0 Å². The van der Waals surface area contributed by atoms with Crippen molar-refractivity contribution in [3.63, 3.8) is 0 Å². The molecule has 0 heterocycles. The molecule has 1 saturated carbocycles. The van der Waals surface area contributed by atoms with Gasteiger partial charge in [-0.3, -0.25) is 0 Å². The zero-order valence-electron chi connectivity index (χ0n) is 21.7. The SMILES string of the molecule is C=C1CC(C)(C)CC(Nc2ccc(C(=C)N)c(NC3CCCCC3)c2)=C1C(=N)C(C)(F)C(C)C. The van der Waals surface area contributed by atoms with E-state index < -0.39 is 5.67 Å². The summed E-state index contributed by atoms with van der Waals surface area (Å²) < 4.78 is 15.6. The van der Waals surface area contributed by atoms with E-state index in [0.717, 1.165) is 47.5 Å². The van der Waals surface area contributed by atoms with Gasteiger partial charge in [0.1, 0.15) is 0 Å². The summed E-state index contributed by atoms with van der Waals surface area (Å²) >= 11 is 0. The van der Waals surface area contributed by atoms with Crippen LogP contribution in [-0.2, 0) is 0 Å². The van der Waals surface area contributed by atoms with E-state index in [-0.39, 0.29) is 17.0 Å². The van der Waals surface area contributed by atoms with Crippen LogP contribution in [0.25, 0.3) is 5.70 Å². The fourth-order valence-corrected chi connectivity index (χ4v) is 5.14. The Balaban J connectivity index is 2.00. The van der Waals surface area contributed by atoms with Crippen molar-refractivity contribution in [3.05, 3.63) is 53.8 Å². The Bertz CT molecular complexity index is 993. The molecule has 0 amide bonds. The quantitative estimate of drug-likeness (QED) is 0.295. The lowest BCUT2D eigenvalue weighted by Crippen LogP contribution is -2.39. The van der Waals surface area contributed by atoms with Gasteiger partial charge in [0.15, 0.2) is 5.67 Å². The van der Waals surface area contributed by atoms with Gasteiger partial charge in [-0.05, 0) is 67.7 Å². The molecule has 0 saturated heterocycles. The minimum atomic E-state index is -1.73. The van der Waals surface area contributed by atoms with Gasteiger partial charge < -0.3 is 21.8 Å². The summed E-state index contributed by atoms with van der Waals surface area (Å²) in [5.41, 5.74) is 9.95. The molecule has 0 bridgehead atoms. The van der Waals surface area contributed by atoms with Crippen molar-refractivity contribution in [1.82, 2.24) is 0 Å². The smallest absolute Gasteiger partial charge is 0.152 e. The lowest BCUT2D eigenvalue weighted by Gasteiger charge is -2.38. The predicted octanol–water partition coefficient (Wildman–Crippen LogP) is 7.81. The third kappa shape index (κ3) is 5.73. The van der Waals surface area contributed by atoms with Crippen LogP contribution in [0.3, 0.4) is 0 Å². The zero-order valence-corrected chi connectivity index (χ0v) is 21.7. The lowest BCUT2D eigenvalue weighted by molar-refractivity contribution is 0.207. The summed E-state index contributed by atoms with van der Waals surface area (Å²) in [6.07, 6.45) is 7.53. The molecule has 1 fully saturated rings. The van der Waals surface area contributed by atoms with Gasteiger partial charge in [-0.15, -0.1) is 0 Å². The normalized spacial score (nSPS) is 20.7. The van der Waals surface area contributed by atoms with Crippen LogP contribution in [0.1, 0.15) is 85.1 Å². The average molecular weight is 467 g/mol. The van der Waals surface area contributed by atoms with E-state index in [1.54, 1.807) is 0 Å². The van der Waals surface area contributed by atoms with Crippen molar-refractivity contribution in [2.45, 2.75) is 91.3 Å². The van der Waals surface area contributed by atoms with Crippen LogP contribution in [0.15, 0.2) is 48.2 Å². The summed E-state index contributed by atoms with van der Waals surface area (Å²) in [6.45, 7) is 17.7. The van der Waals surface area contributed by atoms with Gasteiger partial charge in [0.05, 0.1) is 5.71 Å². The number of allylic oxidation sites excluding steroid dienone is 3. The highest BCUT2D eigenvalue weighted by Crippen LogP contribution is 2.44. The number of alkyl halides is 1. The first-order valence-electron chi connectivity index (χ1n) is 12.6. The van der Waals surface area contributed by atoms with Gasteiger partial charge in [-0.1, -0.05) is 60.1 Å². The molecule has 5 N–H and O–H groups in total. The van der Waals surface area contributed by atoms with Crippen molar-refractivity contribution in [2.75, 3.05) is 10.6 Å². The molecule has 1 aromatic rings. The molecule has 4 nitrogen and oxygen atoms in total. The van der Waals surface area contributed by atoms with Crippen LogP contribution < -0.4 is 16.4 Å². The van der Waals surface area contributed by atoms with Crippen molar-refractivity contribution < 1.29 is 4.39 Å². The lowest BCUT2D eigenvalue weighted by atomic mass is 9.71. The Labute approximate surface area is 205 Å². The van der Waals surface area contributed by atoms with Crippen LogP contribution in [-0.4, -0.2) is 17.4 Å². The standard InChI is InChI=1S/C29H43FN4/c1-18(2)29(7,30)27(32)26-19(3)16-28(5,6)17-25(26)34-22-13-14-23(20(4)31)24(15-22)33-21-11-9-8-10-12-21/h13-15,18,21,32-34H,3-4,8-12,16-17,31H2,1-2,5-7H3. The van der Waals surface area contributed by atoms with Crippen LogP contribution >= 0.6 is 0 Å². The molecule has 1 unspecified atom stereocenters. The van der Waals surface area contributed by atoms with E-state index in [4.69, 9.17) is 11.1 Å². The molecule has 0 aromatic heterocycles. The van der Waals surface area contributed by atoms with Crippen molar-refractivity contribution in [3.8, 4) is 0 Å². The highest BCUT2D eigenvalue weighted by molar-refractivity contribution is 6.08. The topological polar surface area (TPSA) is 73.9 Å². The maximum absolute atomic E-state index is 15.6. The number of hydrogen-bond donors (Lipinski definition) is 4. The van der Waals surface area contributed by atoms with E-state index in [0.29, 0.717) is 23.7 Å². The van der Waals surface area contributed by atoms with Gasteiger partial charge in [-0.25, -0.2) is 4.39 Å². The Morgan fingerprint density at radius 3 is 2.44 bits per heavy atom. The second kappa shape index (κ2) is 9.97. The number of anilines is 2. The molecule has 0 spiro atoms. The first kappa shape index (κ1) is 26.1. The van der Waals surface area contributed by atoms with Crippen molar-refractivity contribution >= 4 is 22.8 Å². The van der Waals surface area contributed by atoms with Crippen molar-refractivity contribution in [2.24, 2.45) is 17.1 Å². The zero-order chi connectivity index (χ0) is 25.3. The van der Waals surface area contributed by atoms with Gasteiger partial charge in [0, 0.05) is 39.9 Å². The van der Waals surface area contributed by atoms with Crippen molar-refractivity contribution in [1.29, 1.82) is 5.41 Å². The van der Waals surface area contributed by atoms with E-state index in [1.165, 1.54) is 26.2 Å². The number of benzene rings is 1. The Kier molecular flexibility index (Phi) is 7.64. The Morgan fingerprint density at radius 1 is 1.21 bits per heavy atom. The Morgan fingerprint density at radius 2 is 1.85 bits per heavy atom. The fourth-order valence-electron chi connectivity index (χ4n) is 5.14. The minimum Gasteiger partial charge on any atom is -0.399 e. The summed E-state index contributed by atoms with van der Waals surface area (Å²) in [5.74, 6) is -0.308. The van der Waals surface area contributed by atoms with E-state index >= 15 is 4.39 Å². The second-order valence-electron chi connectivity index (χ2n) is 11.5. The third-order valence-corrected chi connectivity index (χ3v) is 7.45. The number of hydrogen-bond acceptors (Lipinski definition) is 4. The molecule has 186 valence electrons. The summed E-state index contributed by atoms with van der Waals surface area (Å²) in [6, 6.07) is 6.46. The molecule has 3 rings (SSSR count). The Hall–Kier alpha value is -2.56. The second-order valence-corrected chi connectivity index (χ2v) is 11.5. The minimum absolute atomic E-state index is 0.0120. The molecule has 5 heteroatoms. The van der Waals surface area contributed by atoms with Gasteiger partial charge in [0.25, 0.3) is 0 Å². The molecule has 0 radical (unpaired) electrons. The van der Waals surface area contributed by atoms with Gasteiger partial charge in [-0.2, -0.15) is 0 Å². The fraction of sp³-hybridized carbons (Fsp3) is 0.552. The van der Waals surface area contributed by atoms with E-state index in [1.807, 2.05) is 26.0 Å². The maximum Gasteiger partial charge on any atom is 0.152 e. The van der Waals surface area contributed by atoms with E-state index in [2.05, 4.69) is 43.7 Å². The first-order valence-corrected chi connectivity index (χ1v) is 12.6. The molecule has 2 aliphatic rings. The number of rotatable bonds is 8. The predicted molar refractivity (Wildman–Crippen MR) is 145 cm³/mol. The van der Waals surface area contributed by atoms with Gasteiger partial charge >= 0.3 is 0 Å². The van der Waals surface area contributed by atoms with Crippen LogP contribution in [0.4, 0.5) is 15.8 Å². The molecule has 0 aliphatic heterocycles. The number of nitrogens with one attached hydrogen (secondary N) is 3. The molecular formula is C29H43FN4. The van der Waals surface area contributed by atoms with Crippen LogP contribution in [0.5, 0.6) is 0 Å².